The molecular weight excluding hydrogens is 394 g/mol. The predicted octanol–water partition coefficient (Wildman–Crippen LogP) is 2.30. The molecule has 0 saturated carbocycles. The van der Waals surface area contributed by atoms with Crippen LogP contribution in [-0.2, 0) is 19.5 Å². The minimum Gasteiger partial charge on any atom is -0.333 e. The standard InChI is InChI=1S/C20H20F2N6O2/c1-11-5-17-15(18-19(29)26(2)14(7-21)9-28(18)25-17)10-27(11)20(30)24-13-3-4-16(22)12(6-13)8-23/h3-4,6,11,14H,5,7,9-10H2,1-2H3,(H,24,30). The Bertz CT molecular complexity index is 1080. The summed E-state index contributed by atoms with van der Waals surface area (Å²) in [5.74, 6) is -0.975. The predicted molar refractivity (Wildman–Crippen MR) is 103 cm³/mol. The van der Waals surface area contributed by atoms with E-state index in [1.165, 1.54) is 17.0 Å². The van der Waals surface area contributed by atoms with Crippen LogP contribution in [0.15, 0.2) is 18.2 Å². The van der Waals surface area contributed by atoms with Gasteiger partial charge in [-0.25, -0.2) is 13.6 Å². The number of benzene rings is 1. The van der Waals surface area contributed by atoms with Crippen LogP contribution < -0.4 is 5.32 Å². The van der Waals surface area contributed by atoms with Gasteiger partial charge in [-0.15, -0.1) is 0 Å². The molecule has 1 aromatic heterocycles. The summed E-state index contributed by atoms with van der Waals surface area (Å²) in [4.78, 5) is 28.6. The second-order valence-electron chi connectivity index (χ2n) is 7.60. The number of aromatic nitrogens is 2. The van der Waals surface area contributed by atoms with Gasteiger partial charge in [0.1, 0.15) is 24.3 Å². The second kappa shape index (κ2) is 7.40. The third kappa shape index (κ3) is 3.16. The van der Waals surface area contributed by atoms with Gasteiger partial charge in [-0.3, -0.25) is 9.48 Å². The van der Waals surface area contributed by atoms with Crippen molar-refractivity contribution in [1.29, 1.82) is 5.26 Å². The molecule has 2 aliphatic heterocycles. The van der Waals surface area contributed by atoms with Crippen LogP contribution >= 0.6 is 0 Å². The van der Waals surface area contributed by atoms with Gasteiger partial charge in [-0.05, 0) is 25.1 Å². The van der Waals surface area contributed by atoms with Crippen molar-refractivity contribution in [2.24, 2.45) is 0 Å². The Morgan fingerprint density at radius 3 is 2.90 bits per heavy atom. The first-order chi connectivity index (χ1) is 14.3. The molecule has 156 valence electrons. The molecule has 30 heavy (non-hydrogen) atoms. The van der Waals surface area contributed by atoms with Gasteiger partial charge in [0.15, 0.2) is 0 Å². The van der Waals surface area contributed by atoms with E-state index in [4.69, 9.17) is 5.26 Å². The SMILES string of the molecule is CC1Cc2nn3c(c2CN1C(=O)Nc1ccc(F)c(C#N)c1)C(=O)N(C)C(CF)C3. The Hall–Kier alpha value is -3.48. The molecule has 2 aliphatic rings. The van der Waals surface area contributed by atoms with Gasteiger partial charge in [-0.2, -0.15) is 10.4 Å². The second-order valence-corrected chi connectivity index (χ2v) is 7.60. The van der Waals surface area contributed by atoms with Crippen LogP contribution in [0.1, 0.15) is 34.2 Å². The number of fused-ring (bicyclic) bond motifs is 3. The highest BCUT2D eigenvalue weighted by atomic mass is 19.1. The number of carbonyl (C=O) groups excluding carboxylic acids is 2. The van der Waals surface area contributed by atoms with Crippen LogP contribution in [0.3, 0.4) is 0 Å². The molecule has 3 amide bonds. The molecule has 2 aromatic rings. The lowest BCUT2D eigenvalue weighted by Gasteiger charge is -2.34. The van der Waals surface area contributed by atoms with E-state index in [1.54, 1.807) is 22.7 Å². The van der Waals surface area contributed by atoms with Crippen molar-refractivity contribution in [1.82, 2.24) is 19.6 Å². The number of urea groups is 1. The molecule has 0 aliphatic carbocycles. The number of hydrogen-bond acceptors (Lipinski definition) is 4. The molecule has 0 radical (unpaired) electrons. The van der Waals surface area contributed by atoms with Gasteiger partial charge in [-0.1, -0.05) is 0 Å². The fourth-order valence-electron chi connectivity index (χ4n) is 3.93. The minimum atomic E-state index is -0.660. The summed E-state index contributed by atoms with van der Waals surface area (Å²) >= 11 is 0. The summed E-state index contributed by atoms with van der Waals surface area (Å²) in [6, 6.07) is 4.32. The van der Waals surface area contributed by atoms with Gasteiger partial charge in [0.2, 0.25) is 0 Å². The number of anilines is 1. The first-order valence-corrected chi connectivity index (χ1v) is 9.53. The van der Waals surface area contributed by atoms with Crippen molar-refractivity contribution in [3.8, 4) is 6.07 Å². The first kappa shape index (κ1) is 19.8. The number of rotatable bonds is 2. The maximum atomic E-state index is 13.5. The average molecular weight is 414 g/mol. The molecular formula is C20H20F2N6O2. The molecule has 0 saturated heterocycles. The number of nitriles is 1. The normalized spacial score (nSPS) is 20.4. The Morgan fingerprint density at radius 2 is 2.20 bits per heavy atom. The molecule has 2 unspecified atom stereocenters. The molecule has 0 spiro atoms. The highest BCUT2D eigenvalue weighted by Crippen LogP contribution is 2.30. The average Bonchev–Trinajstić information content (AvgIpc) is 3.08. The molecule has 0 bridgehead atoms. The van der Waals surface area contributed by atoms with Crippen molar-refractivity contribution in [3.05, 3.63) is 46.5 Å². The number of likely N-dealkylation sites (N-methyl/N-ethyl adjacent to an activating group) is 1. The quantitative estimate of drug-likeness (QED) is 0.816. The Labute approximate surface area is 171 Å². The highest BCUT2D eigenvalue weighted by Gasteiger charge is 2.39. The lowest BCUT2D eigenvalue weighted by atomic mass is 9.98. The van der Waals surface area contributed by atoms with Crippen molar-refractivity contribution in [3.63, 3.8) is 0 Å². The highest BCUT2D eigenvalue weighted by molar-refractivity contribution is 5.96. The molecule has 3 heterocycles. The summed E-state index contributed by atoms with van der Waals surface area (Å²) in [5.41, 5.74) is 1.92. The monoisotopic (exact) mass is 414 g/mol. The minimum absolute atomic E-state index is 0.163. The van der Waals surface area contributed by atoms with E-state index in [9.17, 15) is 18.4 Å². The number of nitrogens with one attached hydrogen (secondary N) is 1. The molecule has 4 rings (SSSR count). The van der Waals surface area contributed by atoms with Crippen LogP contribution in [0.2, 0.25) is 0 Å². The summed E-state index contributed by atoms with van der Waals surface area (Å²) in [5, 5.41) is 16.1. The number of amides is 3. The molecule has 1 N–H and O–H groups in total. The summed E-state index contributed by atoms with van der Waals surface area (Å²) < 4.78 is 28.3. The number of alkyl halides is 1. The summed E-state index contributed by atoms with van der Waals surface area (Å²) in [7, 11) is 1.56. The first-order valence-electron chi connectivity index (χ1n) is 9.53. The Kier molecular flexibility index (Phi) is 4.89. The lowest BCUT2D eigenvalue weighted by Crippen LogP contribution is -2.48. The third-order valence-corrected chi connectivity index (χ3v) is 5.71. The zero-order valence-corrected chi connectivity index (χ0v) is 16.5. The maximum Gasteiger partial charge on any atom is 0.322 e. The van der Waals surface area contributed by atoms with Crippen LogP contribution in [0, 0.1) is 17.1 Å². The fraction of sp³-hybridized carbons (Fsp3) is 0.400. The van der Waals surface area contributed by atoms with Gasteiger partial charge in [0.25, 0.3) is 5.91 Å². The number of nitrogens with zero attached hydrogens (tertiary/aromatic N) is 5. The van der Waals surface area contributed by atoms with Crippen molar-refractivity contribution >= 4 is 17.6 Å². The van der Waals surface area contributed by atoms with E-state index in [0.29, 0.717) is 23.4 Å². The van der Waals surface area contributed by atoms with Crippen LogP contribution in [0.4, 0.5) is 19.3 Å². The van der Waals surface area contributed by atoms with Gasteiger partial charge < -0.3 is 15.1 Å². The van der Waals surface area contributed by atoms with Gasteiger partial charge in [0.05, 0.1) is 30.4 Å². The van der Waals surface area contributed by atoms with E-state index in [-0.39, 0.29) is 30.6 Å². The van der Waals surface area contributed by atoms with E-state index in [2.05, 4.69) is 10.4 Å². The molecule has 1 aromatic carbocycles. The third-order valence-electron chi connectivity index (χ3n) is 5.71. The Balaban J connectivity index is 1.60. The number of carbonyl (C=O) groups is 2. The maximum absolute atomic E-state index is 13.5. The van der Waals surface area contributed by atoms with E-state index >= 15 is 0 Å². The Morgan fingerprint density at radius 1 is 1.43 bits per heavy atom. The number of halogens is 2. The van der Waals surface area contributed by atoms with Gasteiger partial charge >= 0.3 is 6.03 Å². The van der Waals surface area contributed by atoms with Crippen LogP contribution in [0.5, 0.6) is 0 Å². The fourth-order valence-corrected chi connectivity index (χ4v) is 3.93. The molecule has 8 nitrogen and oxygen atoms in total. The molecule has 0 fully saturated rings. The number of hydrogen-bond donors (Lipinski definition) is 1. The zero-order valence-electron chi connectivity index (χ0n) is 16.5. The van der Waals surface area contributed by atoms with E-state index in [1.807, 2.05) is 6.92 Å². The zero-order chi connectivity index (χ0) is 21.6. The van der Waals surface area contributed by atoms with Crippen molar-refractivity contribution in [2.45, 2.75) is 38.5 Å². The lowest BCUT2D eigenvalue weighted by molar-refractivity contribution is 0.0609. The topological polar surface area (TPSA) is 94.3 Å². The summed E-state index contributed by atoms with van der Waals surface area (Å²) in [6.45, 7) is 1.65. The van der Waals surface area contributed by atoms with Crippen molar-refractivity contribution < 1.29 is 18.4 Å². The smallest absolute Gasteiger partial charge is 0.322 e. The van der Waals surface area contributed by atoms with Crippen molar-refractivity contribution in [2.75, 3.05) is 19.0 Å². The van der Waals surface area contributed by atoms with E-state index in [0.717, 1.165) is 11.8 Å². The van der Waals surface area contributed by atoms with E-state index < -0.39 is 24.6 Å². The molecule has 2 atom stereocenters. The van der Waals surface area contributed by atoms with Crippen LogP contribution in [0.25, 0.3) is 0 Å². The summed E-state index contributed by atoms with van der Waals surface area (Å²) in [6.07, 6.45) is 0.451. The largest absolute Gasteiger partial charge is 0.333 e. The van der Waals surface area contributed by atoms with Crippen LogP contribution in [-0.4, -0.2) is 57.3 Å². The van der Waals surface area contributed by atoms with Gasteiger partial charge in [0, 0.05) is 30.8 Å². The molecule has 10 heteroatoms.